The van der Waals surface area contributed by atoms with Crippen LogP contribution in [0.25, 0.3) is 43.1 Å². The van der Waals surface area contributed by atoms with E-state index in [1.54, 1.807) is 6.08 Å². The number of rotatable bonds is 2. The van der Waals surface area contributed by atoms with Crippen LogP contribution in [0.3, 0.4) is 0 Å². The largest absolute Gasteiger partial charge is 0.516 e. The van der Waals surface area contributed by atoms with Gasteiger partial charge in [-0.1, -0.05) is 66.7 Å². The van der Waals surface area contributed by atoms with Crippen molar-refractivity contribution in [3.8, 4) is 0 Å². The minimum atomic E-state index is 0.731. The number of aliphatic hydroxyl groups is 1. The molecule has 0 radical (unpaired) electrons. The summed E-state index contributed by atoms with van der Waals surface area (Å²) < 4.78 is 0. The van der Waals surface area contributed by atoms with Gasteiger partial charge in [0, 0.05) is 0 Å². The lowest BCUT2D eigenvalue weighted by Gasteiger charge is -2.16. The van der Waals surface area contributed by atoms with Gasteiger partial charge in [-0.3, -0.25) is 0 Å². The van der Waals surface area contributed by atoms with Crippen molar-refractivity contribution in [2.24, 2.45) is 0 Å². The molecule has 0 amide bonds. The SMILES string of the molecule is OC=CCc1ccc2cccc3c4cccc5cccc(c1c23)c54. The second-order valence-corrected chi connectivity index (χ2v) is 6.30. The van der Waals surface area contributed by atoms with Crippen LogP contribution in [-0.2, 0) is 6.42 Å². The van der Waals surface area contributed by atoms with Crippen LogP contribution >= 0.6 is 0 Å². The second-order valence-electron chi connectivity index (χ2n) is 6.30. The summed E-state index contributed by atoms with van der Waals surface area (Å²) in [7, 11) is 0. The van der Waals surface area contributed by atoms with Gasteiger partial charge in [0.15, 0.2) is 0 Å². The van der Waals surface area contributed by atoms with Crippen LogP contribution in [0, 0.1) is 0 Å². The highest BCUT2D eigenvalue weighted by Crippen LogP contribution is 2.41. The molecular weight excluding hydrogens is 292 g/mol. The Kier molecular flexibility index (Phi) is 2.77. The molecule has 24 heavy (non-hydrogen) atoms. The van der Waals surface area contributed by atoms with Crippen LogP contribution in [0.4, 0.5) is 0 Å². The van der Waals surface area contributed by atoms with E-state index < -0.39 is 0 Å². The second kappa shape index (κ2) is 4.97. The van der Waals surface area contributed by atoms with Gasteiger partial charge in [0.25, 0.3) is 0 Å². The van der Waals surface area contributed by atoms with Crippen LogP contribution in [0.2, 0.25) is 0 Å². The van der Waals surface area contributed by atoms with Crippen molar-refractivity contribution in [2.75, 3.05) is 0 Å². The Morgan fingerprint density at radius 2 is 1.25 bits per heavy atom. The maximum atomic E-state index is 9.10. The van der Waals surface area contributed by atoms with Crippen molar-refractivity contribution in [1.29, 1.82) is 0 Å². The summed E-state index contributed by atoms with van der Waals surface area (Å²) in [5, 5.41) is 19.5. The maximum absolute atomic E-state index is 9.10. The van der Waals surface area contributed by atoms with Gasteiger partial charge in [-0.2, -0.15) is 0 Å². The minimum absolute atomic E-state index is 0.731. The minimum Gasteiger partial charge on any atom is -0.516 e. The predicted octanol–water partition coefficient (Wildman–Crippen LogP) is 6.35. The number of allylic oxidation sites excluding steroid dienone is 1. The van der Waals surface area contributed by atoms with Gasteiger partial charge in [-0.05, 0) is 61.2 Å². The molecule has 1 N–H and O–H groups in total. The highest BCUT2D eigenvalue weighted by atomic mass is 16.2. The Labute approximate surface area is 139 Å². The maximum Gasteiger partial charge on any atom is 0.0755 e. The first-order valence-corrected chi connectivity index (χ1v) is 8.25. The first kappa shape index (κ1) is 13.4. The van der Waals surface area contributed by atoms with E-state index in [2.05, 4.69) is 66.7 Å². The third-order valence-electron chi connectivity index (χ3n) is 5.04. The number of aliphatic hydroxyl groups excluding tert-OH is 1. The van der Waals surface area contributed by atoms with Crippen LogP contribution in [0.15, 0.2) is 79.1 Å². The van der Waals surface area contributed by atoms with E-state index in [-0.39, 0.29) is 0 Å². The molecule has 0 fully saturated rings. The molecule has 1 heteroatoms. The van der Waals surface area contributed by atoms with Crippen LogP contribution < -0.4 is 0 Å². The van der Waals surface area contributed by atoms with Gasteiger partial charge < -0.3 is 5.11 Å². The summed E-state index contributed by atoms with van der Waals surface area (Å²) in [6.07, 6.45) is 3.68. The molecular formula is C23H16O. The molecule has 5 rings (SSSR count). The zero-order valence-electron chi connectivity index (χ0n) is 13.2. The number of hydrogen-bond donors (Lipinski definition) is 1. The fourth-order valence-corrected chi connectivity index (χ4v) is 4.08. The molecule has 0 aliphatic rings. The van der Waals surface area contributed by atoms with E-state index in [1.807, 2.05) is 0 Å². The molecule has 1 nitrogen and oxygen atoms in total. The van der Waals surface area contributed by atoms with E-state index in [0.29, 0.717) is 0 Å². The summed E-state index contributed by atoms with van der Waals surface area (Å²) >= 11 is 0. The Bertz CT molecular complexity index is 1230. The van der Waals surface area contributed by atoms with Gasteiger partial charge in [0.2, 0.25) is 0 Å². The summed E-state index contributed by atoms with van der Waals surface area (Å²) in [6, 6.07) is 24.0. The molecule has 0 bridgehead atoms. The molecule has 5 aromatic rings. The Morgan fingerprint density at radius 1 is 0.625 bits per heavy atom. The van der Waals surface area contributed by atoms with Crippen molar-refractivity contribution in [3.63, 3.8) is 0 Å². The molecule has 0 saturated heterocycles. The molecule has 0 heterocycles. The zero-order valence-corrected chi connectivity index (χ0v) is 13.2. The topological polar surface area (TPSA) is 20.2 Å². The predicted molar refractivity (Wildman–Crippen MR) is 103 cm³/mol. The molecule has 0 aliphatic heterocycles. The number of hydrogen-bond acceptors (Lipinski definition) is 1. The molecule has 0 unspecified atom stereocenters. The lowest BCUT2D eigenvalue weighted by atomic mass is 9.87. The third kappa shape index (κ3) is 1.70. The van der Waals surface area contributed by atoms with Crippen LogP contribution in [0.1, 0.15) is 5.56 Å². The third-order valence-corrected chi connectivity index (χ3v) is 5.04. The fourth-order valence-electron chi connectivity index (χ4n) is 4.08. The first-order valence-electron chi connectivity index (χ1n) is 8.25. The first-order chi connectivity index (χ1) is 11.9. The lowest BCUT2D eigenvalue weighted by Crippen LogP contribution is -1.91. The van der Waals surface area contributed by atoms with Gasteiger partial charge in [-0.25, -0.2) is 0 Å². The molecule has 0 saturated carbocycles. The van der Waals surface area contributed by atoms with Gasteiger partial charge in [0.1, 0.15) is 0 Å². The van der Waals surface area contributed by atoms with Gasteiger partial charge in [-0.15, -0.1) is 0 Å². The lowest BCUT2D eigenvalue weighted by molar-refractivity contribution is 0.471. The van der Waals surface area contributed by atoms with E-state index in [4.69, 9.17) is 5.11 Å². The molecule has 5 aromatic carbocycles. The molecule has 0 aliphatic carbocycles. The zero-order chi connectivity index (χ0) is 16.1. The highest BCUT2D eigenvalue weighted by Gasteiger charge is 2.14. The van der Waals surface area contributed by atoms with Gasteiger partial charge >= 0.3 is 0 Å². The molecule has 0 spiro atoms. The molecule has 0 atom stereocenters. The van der Waals surface area contributed by atoms with Crippen molar-refractivity contribution in [2.45, 2.75) is 6.42 Å². The summed E-state index contributed by atoms with van der Waals surface area (Å²) in [5.41, 5.74) is 1.25. The summed E-state index contributed by atoms with van der Waals surface area (Å²) in [5.74, 6) is 0. The highest BCUT2D eigenvalue weighted by molar-refractivity contribution is 6.33. The van der Waals surface area contributed by atoms with Crippen molar-refractivity contribution in [1.82, 2.24) is 0 Å². The monoisotopic (exact) mass is 308 g/mol. The fraction of sp³-hybridized carbons (Fsp3) is 0.0435. The molecule has 0 aromatic heterocycles. The Hall–Kier alpha value is -3.06. The van der Waals surface area contributed by atoms with E-state index >= 15 is 0 Å². The van der Waals surface area contributed by atoms with Crippen molar-refractivity contribution < 1.29 is 5.11 Å². The number of fused-ring (bicyclic) bond motifs is 2. The van der Waals surface area contributed by atoms with Crippen LogP contribution in [-0.4, -0.2) is 5.11 Å². The number of benzene rings is 5. The molecule has 114 valence electrons. The van der Waals surface area contributed by atoms with Crippen molar-refractivity contribution in [3.05, 3.63) is 84.6 Å². The Morgan fingerprint density at radius 3 is 1.96 bits per heavy atom. The quantitative estimate of drug-likeness (QED) is 0.229. The summed E-state index contributed by atoms with van der Waals surface area (Å²) in [4.78, 5) is 0. The van der Waals surface area contributed by atoms with Gasteiger partial charge in [0.05, 0.1) is 6.26 Å². The van der Waals surface area contributed by atoms with E-state index in [9.17, 15) is 0 Å². The summed E-state index contributed by atoms with van der Waals surface area (Å²) in [6.45, 7) is 0. The average molecular weight is 308 g/mol. The average Bonchev–Trinajstić information content (AvgIpc) is 2.64. The smallest absolute Gasteiger partial charge is 0.0755 e. The normalized spacial score (nSPS) is 12.3. The van der Waals surface area contributed by atoms with E-state index in [0.717, 1.165) is 12.7 Å². The van der Waals surface area contributed by atoms with E-state index in [1.165, 1.54) is 48.7 Å². The Balaban J connectivity index is 2.14. The van der Waals surface area contributed by atoms with Crippen molar-refractivity contribution >= 4 is 43.1 Å². The van der Waals surface area contributed by atoms with Crippen LogP contribution in [0.5, 0.6) is 0 Å². The standard InChI is InChI=1S/C23H16O/c24-14-4-8-17-13-12-16-7-2-10-19-18-9-1-5-15-6-3-11-20(21(15)18)23(17)22(16)19/h1-7,9-14,24H,8H2.